The third kappa shape index (κ3) is 6.05. The fourth-order valence-corrected chi connectivity index (χ4v) is 3.30. The first-order chi connectivity index (χ1) is 13.9. The molecule has 0 unspecified atom stereocenters. The minimum absolute atomic E-state index is 0.0569. The average Bonchev–Trinajstić information content (AvgIpc) is 2.67. The molecule has 9 heteroatoms. The Morgan fingerprint density at radius 3 is 2.66 bits per heavy atom. The highest BCUT2D eigenvalue weighted by molar-refractivity contribution is 6.33. The van der Waals surface area contributed by atoms with Crippen LogP contribution in [0.15, 0.2) is 42.5 Å². The normalized spacial score (nSPS) is 13.9. The summed E-state index contributed by atoms with van der Waals surface area (Å²) in [5.41, 5.74) is 2.13. The highest BCUT2D eigenvalue weighted by Crippen LogP contribution is 2.29. The first kappa shape index (κ1) is 20.9. The zero-order chi connectivity index (χ0) is 20.8. The van der Waals surface area contributed by atoms with Crippen LogP contribution in [-0.4, -0.2) is 38.1 Å². The van der Waals surface area contributed by atoms with Gasteiger partial charge in [-0.1, -0.05) is 23.7 Å². The van der Waals surface area contributed by atoms with Crippen LogP contribution < -0.4 is 20.3 Å². The Kier molecular flexibility index (Phi) is 6.87. The molecule has 2 amide bonds. The van der Waals surface area contributed by atoms with Crippen molar-refractivity contribution in [2.24, 2.45) is 0 Å². The molecule has 0 atom stereocenters. The van der Waals surface area contributed by atoms with Gasteiger partial charge in [0.05, 0.1) is 17.3 Å². The number of amides is 2. The van der Waals surface area contributed by atoms with Crippen LogP contribution >= 0.6 is 11.6 Å². The molecule has 0 saturated carbocycles. The van der Waals surface area contributed by atoms with E-state index in [-0.39, 0.29) is 30.5 Å². The van der Waals surface area contributed by atoms with E-state index in [0.29, 0.717) is 30.2 Å². The summed E-state index contributed by atoms with van der Waals surface area (Å²) in [5.74, 6) is -0.174. The molecule has 1 heterocycles. The summed E-state index contributed by atoms with van der Waals surface area (Å²) in [6, 6.07) is 11.3. The lowest BCUT2D eigenvalue weighted by molar-refractivity contribution is -0.120. The zero-order valence-electron chi connectivity index (χ0n) is 15.5. The van der Waals surface area contributed by atoms with Crippen LogP contribution in [0.2, 0.25) is 5.02 Å². The van der Waals surface area contributed by atoms with Crippen molar-refractivity contribution in [2.45, 2.75) is 19.5 Å². The molecule has 1 fully saturated rings. The van der Waals surface area contributed by atoms with Crippen LogP contribution in [0.5, 0.6) is 5.75 Å². The molecule has 0 bridgehead atoms. The second kappa shape index (κ2) is 9.56. The Hall–Kier alpha value is -2.87. The summed E-state index contributed by atoms with van der Waals surface area (Å²) in [6.45, 7) is -1.40. The molecule has 1 aliphatic heterocycles. The SMILES string of the molecule is O=C1CN(c2ccc(NC(=O)CCc3ccc(OC(F)F)cc3)cc2Cl)CCN1. The van der Waals surface area contributed by atoms with Gasteiger partial charge in [0.25, 0.3) is 0 Å². The topological polar surface area (TPSA) is 70.7 Å². The molecule has 0 aromatic heterocycles. The van der Waals surface area contributed by atoms with Gasteiger partial charge in [-0.25, -0.2) is 0 Å². The van der Waals surface area contributed by atoms with Crippen molar-refractivity contribution in [2.75, 3.05) is 29.9 Å². The first-order valence-electron chi connectivity index (χ1n) is 9.05. The van der Waals surface area contributed by atoms with Gasteiger partial charge >= 0.3 is 6.61 Å². The van der Waals surface area contributed by atoms with E-state index >= 15 is 0 Å². The summed E-state index contributed by atoms with van der Waals surface area (Å²) in [7, 11) is 0. The summed E-state index contributed by atoms with van der Waals surface area (Å²) in [5, 5.41) is 5.99. The molecule has 2 aromatic carbocycles. The average molecular weight is 424 g/mol. The number of hydrogen-bond acceptors (Lipinski definition) is 4. The Balaban J connectivity index is 1.52. The Morgan fingerprint density at radius 1 is 1.24 bits per heavy atom. The molecule has 3 rings (SSSR count). The van der Waals surface area contributed by atoms with Gasteiger partial charge < -0.3 is 20.3 Å². The fourth-order valence-electron chi connectivity index (χ4n) is 3.00. The van der Waals surface area contributed by atoms with Gasteiger partial charge in [-0.3, -0.25) is 9.59 Å². The van der Waals surface area contributed by atoms with Gasteiger partial charge in [0.2, 0.25) is 11.8 Å². The molecular weight excluding hydrogens is 404 g/mol. The van der Waals surface area contributed by atoms with E-state index in [9.17, 15) is 18.4 Å². The summed E-state index contributed by atoms with van der Waals surface area (Å²) in [4.78, 5) is 25.6. The van der Waals surface area contributed by atoms with Gasteiger partial charge in [-0.15, -0.1) is 0 Å². The van der Waals surface area contributed by atoms with Crippen LogP contribution in [0.1, 0.15) is 12.0 Å². The van der Waals surface area contributed by atoms with Crippen molar-refractivity contribution in [1.29, 1.82) is 0 Å². The van der Waals surface area contributed by atoms with E-state index in [0.717, 1.165) is 11.3 Å². The number of nitrogens with one attached hydrogen (secondary N) is 2. The molecule has 1 aliphatic rings. The summed E-state index contributed by atoms with van der Waals surface area (Å²) < 4.78 is 28.6. The van der Waals surface area contributed by atoms with Gasteiger partial charge in [-0.2, -0.15) is 8.78 Å². The number of ether oxygens (including phenoxy) is 1. The van der Waals surface area contributed by atoms with Crippen LogP contribution in [-0.2, 0) is 16.0 Å². The van der Waals surface area contributed by atoms with Gasteiger partial charge in [-0.05, 0) is 42.3 Å². The smallest absolute Gasteiger partial charge is 0.387 e. The van der Waals surface area contributed by atoms with Crippen molar-refractivity contribution in [3.05, 3.63) is 53.1 Å². The molecule has 0 spiro atoms. The van der Waals surface area contributed by atoms with Crippen LogP contribution in [0, 0.1) is 0 Å². The molecule has 1 saturated heterocycles. The minimum atomic E-state index is -2.86. The molecule has 2 N–H and O–H groups in total. The van der Waals surface area contributed by atoms with Crippen molar-refractivity contribution in [3.63, 3.8) is 0 Å². The number of anilines is 2. The molecular formula is C20H20ClF2N3O3. The lowest BCUT2D eigenvalue weighted by Crippen LogP contribution is -2.47. The highest BCUT2D eigenvalue weighted by Gasteiger charge is 2.19. The molecule has 0 aliphatic carbocycles. The minimum Gasteiger partial charge on any atom is -0.435 e. The van der Waals surface area contributed by atoms with Crippen LogP contribution in [0.4, 0.5) is 20.2 Å². The number of alkyl halides is 2. The van der Waals surface area contributed by atoms with E-state index in [1.54, 1.807) is 30.3 Å². The number of carbonyl (C=O) groups is 2. The lowest BCUT2D eigenvalue weighted by Gasteiger charge is -2.29. The van der Waals surface area contributed by atoms with Crippen molar-refractivity contribution in [1.82, 2.24) is 5.32 Å². The molecule has 29 heavy (non-hydrogen) atoms. The highest BCUT2D eigenvalue weighted by atomic mass is 35.5. The monoisotopic (exact) mass is 423 g/mol. The van der Waals surface area contributed by atoms with E-state index < -0.39 is 6.61 Å². The number of benzene rings is 2. The van der Waals surface area contributed by atoms with Crippen molar-refractivity contribution in [3.8, 4) is 5.75 Å². The molecule has 2 aromatic rings. The van der Waals surface area contributed by atoms with E-state index in [4.69, 9.17) is 11.6 Å². The van der Waals surface area contributed by atoms with Gasteiger partial charge in [0, 0.05) is 25.2 Å². The summed E-state index contributed by atoms with van der Waals surface area (Å²) >= 11 is 6.33. The Labute approximate surface area is 171 Å². The maximum atomic E-state index is 12.2. The Bertz CT molecular complexity index is 878. The molecule has 154 valence electrons. The third-order valence-electron chi connectivity index (χ3n) is 4.40. The second-order valence-corrected chi connectivity index (χ2v) is 6.92. The van der Waals surface area contributed by atoms with Gasteiger partial charge in [0.15, 0.2) is 0 Å². The molecule has 6 nitrogen and oxygen atoms in total. The number of rotatable bonds is 7. The molecule has 0 radical (unpaired) electrons. The summed E-state index contributed by atoms with van der Waals surface area (Å²) in [6.07, 6.45) is 0.677. The fraction of sp³-hybridized carbons (Fsp3) is 0.300. The number of halogens is 3. The number of piperazine rings is 1. The maximum Gasteiger partial charge on any atom is 0.387 e. The number of hydrogen-bond donors (Lipinski definition) is 2. The number of carbonyl (C=O) groups excluding carboxylic acids is 2. The lowest BCUT2D eigenvalue weighted by atomic mass is 10.1. The van der Waals surface area contributed by atoms with Crippen molar-refractivity contribution < 1.29 is 23.1 Å². The van der Waals surface area contributed by atoms with E-state index in [1.165, 1.54) is 12.1 Å². The van der Waals surface area contributed by atoms with Gasteiger partial charge in [0.1, 0.15) is 5.75 Å². The predicted octanol–water partition coefficient (Wildman–Crippen LogP) is 3.45. The number of aryl methyl sites for hydroxylation is 1. The predicted molar refractivity (Wildman–Crippen MR) is 107 cm³/mol. The first-order valence-corrected chi connectivity index (χ1v) is 9.43. The standard InChI is InChI=1S/C20H20ClF2N3O3/c21-16-11-14(4-7-17(16)26-10-9-24-19(28)12-26)25-18(27)8-3-13-1-5-15(6-2-13)29-20(22)23/h1-2,4-7,11,20H,3,8-10,12H2,(H,24,28)(H,25,27). The second-order valence-electron chi connectivity index (χ2n) is 6.51. The third-order valence-corrected chi connectivity index (χ3v) is 4.70. The van der Waals surface area contributed by atoms with Crippen LogP contribution in [0.3, 0.4) is 0 Å². The quantitative estimate of drug-likeness (QED) is 0.715. The van der Waals surface area contributed by atoms with Crippen LogP contribution in [0.25, 0.3) is 0 Å². The maximum absolute atomic E-state index is 12.2. The van der Waals surface area contributed by atoms with Crippen molar-refractivity contribution >= 4 is 34.8 Å². The van der Waals surface area contributed by atoms with E-state index in [1.807, 2.05) is 4.90 Å². The largest absolute Gasteiger partial charge is 0.435 e. The van der Waals surface area contributed by atoms with E-state index in [2.05, 4.69) is 15.4 Å². The zero-order valence-corrected chi connectivity index (χ0v) is 16.2. The number of nitrogens with zero attached hydrogens (tertiary/aromatic N) is 1. The Morgan fingerprint density at radius 2 is 2.00 bits per heavy atom.